The number of fused-ring (bicyclic) bond motifs is 3. The van der Waals surface area contributed by atoms with E-state index in [4.69, 9.17) is 15.0 Å². The van der Waals surface area contributed by atoms with Crippen LogP contribution < -0.4 is 4.90 Å². The third-order valence-corrected chi connectivity index (χ3v) is 12.7. The number of anilines is 3. The second-order valence-corrected chi connectivity index (χ2v) is 16.9. The predicted molar refractivity (Wildman–Crippen MR) is 281 cm³/mol. The Morgan fingerprint density at radius 3 is 0.985 bits per heavy atom. The van der Waals surface area contributed by atoms with Crippen LogP contribution in [-0.2, 0) is 0 Å². The monoisotopic (exact) mass is 869 g/mol. The zero-order valence-electron chi connectivity index (χ0n) is 37.1. The molecule has 0 bridgehead atoms. The fraction of sp³-hybridized carbons (Fsp3) is 0. The van der Waals surface area contributed by atoms with Crippen LogP contribution in [-0.4, -0.2) is 19.5 Å². The van der Waals surface area contributed by atoms with Gasteiger partial charge in [0.05, 0.1) is 11.0 Å². The van der Waals surface area contributed by atoms with E-state index in [-0.39, 0.29) is 0 Å². The van der Waals surface area contributed by atoms with Gasteiger partial charge in [-0.05, 0) is 87.0 Å². The molecule has 0 amide bonds. The standard InChI is InChI=1S/C63H43N5/c1-6-16-44(17-7-1)47-26-28-50(29-27-47)53-34-40-57-58-41-39-56(43-60(58)68(59(57)42-53)63-65-61(51-22-12-4-13-23-51)64-62(66-63)52-24-14-5-15-25-52)67(54-35-30-48(31-36-54)45-18-8-2-9-19-45)55-37-32-49(33-38-55)46-20-10-3-11-21-46/h1-43H. The van der Waals surface area contributed by atoms with E-state index in [2.05, 4.69) is 234 Å². The predicted octanol–water partition coefficient (Wildman–Crippen LogP) is 16.4. The number of benzene rings is 10. The van der Waals surface area contributed by atoms with Crippen molar-refractivity contribution >= 4 is 38.9 Å². The molecule has 0 spiro atoms. The first-order valence-corrected chi connectivity index (χ1v) is 22.9. The van der Waals surface area contributed by atoms with Crippen LogP contribution >= 0.6 is 0 Å². The Kier molecular flexibility index (Phi) is 10.5. The van der Waals surface area contributed by atoms with Crippen molar-refractivity contribution in [1.29, 1.82) is 0 Å². The molecule has 5 heteroatoms. The molecule has 12 rings (SSSR count). The maximum absolute atomic E-state index is 5.31. The summed E-state index contributed by atoms with van der Waals surface area (Å²) in [4.78, 5) is 18.0. The van der Waals surface area contributed by atoms with Crippen LogP contribution in [0.15, 0.2) is 261 Å². The van der Waals surface area contributed by atoms with E-state index in [0.717, 1.165) is 72.2 Å². The fourth-order valence-electron chi connectivity index (χ4n) is 9.24. The molecule has 2 aromatic heterocycles. The smallest absolute Gasteiger partial charge is 0.238 e. The summed E-state index contributed by atoms with van der Waals surface area (Å²) < 4.78 is 2.23. The molecule has 0 aliphatic carbocycles. The van der Waals surface area contributed by atoms with Crippen molar-refractivity contribution in [2.24, 2.45) is 0 Å². The summed E-state index contributed by atoms with van der Waals surface area (Å²) in [6, 6.07) is 92.0. The molecule has 0 N–H and O–H groups in total. The SMILES string of the molecule is c1ccc(-c2ccc(-c3ccc4c5ccc(N(c6ccc(-c7ccccc7)cc6)c6ccc(-c7ccccc7)cc6)cc5n(-c5nc(-c6ccccc6)nc(-c6ccccc6)n5)c4c3)cc2)cc1. The highest BCUT2D eigenvalue weighted by Gasteiger charge is 2.21. The molecule has 0 aliphatic rings. The van der Waals surface area contributed by atoms with Gasteiger partial charge in [-0.1, -0.05) is 218 Å². The van der Waals surface area contributed by atoms with Crippen molar-refractivity contribution < 1.29 is 0 Å². The number of nitrogens with zero attached hydrogens (tertiary/aromatic N) is 5. The first-order chi connectivity index (χ1) is 33.7. The highest BCUT2D eigenvalue weighted by Crippen LogP contribution is 2.42. The Bertz CT molecular complexity index is 3530. The highest BCUT2D eigenvalue weighted by molar-refractivity contribution is 6.11. The van der Waals surface area contributed by atoms with Gasteiger partial charge in [-0.2, -0.15) is 9.97 Å². The van der Waals surface area contributed by atoms with Gasteiger partial charge in [-0.15, -0.1) is 0 Å². The summed E-state index contributed by atoms with van der Waals surface area (Å²) in [5.41, 5.74) is 16.2. The van der Waals surface area contributed by atoms with E-state index in [1.54, 1.807) is 0 Å². The normalized spacial score (nSPS) is 11.2. The molecule has 0 unspecified atom stereocenters. The van der Waals surface area contributed by atoms with E-state index in [1.165, 1.54) is 22.3 Å². The van der Waals surface area contributed by atoms with Gasteiger partial charge >= 0.3 is 0 Å². The van der Waals surface area contributed by atoms with Crippen molar-refractivity contribution in [3.63, 3.8) is 0 Å². The van der Waals surface area contributed by atoms with Crippen molar-refractivity contribution in [2.75, 3.05) is 4.90 Å². The zero-order valence-corrected chi connectivity index (χ0v) is 37.1. The van der Waals surface area contributed by atoms with Crippen molar-refractivity contribution in [3.05, 3.63) is 261 Å². The van der Waals surface area contributed by atoms with Gasteiger partial charge in [0.2, 0.25) is 5.95 Å². The molecule has 0 saturated heterocycles. The van der Waals surface area contributed by atoms with Crippen molar-refractivity contribution in [1.82, 2.24) is 19.5 Å². The van der Waals surface area contributed by atoms with Gasteiger partial charge < -0.3 is 4.90 Å². The summed E-state index contributed by atoms with van der Waals surface area (Å²) in [5.74, 6) is 1.75. The molecule has 0 aliphatic heterocycles. The minimum Gasteiger partial charge on any atom is -0.310 e. The zero-order chi connectivity index (χ0) is 45.2. The van der Waals surface area contributed by atoms with Crippen molar-refractivity contribution in [2.45, 2.75) is 0 Å². The lowest BCUT2D eigenvalue weighted by molar-refractivity contribution is 0.953. The second-order valence-electron chi connectivity index (χ2n) is 16.9. The first kappa shape index (κ1) is 40.3. The molecule has 0 atom stereocenters. The summed E-state index contributed by atoms with van der Waals surface area (Å²) >= 11 is 0. The lowest BCUT2D eigenvalue weighted by Crippen LogP contribution is -2.10. The summed E-state index contributed by atoms with van der Waals surface area (Å²) in [6.07, 6.45) is 0. The third-order valence-electron chi connectivity index (χ3n) is 12.7. The molecule has 12 aromatic rings. The number of hydrogen-bond acceptors (Lipinski definition) is 4. The molecule has 10 aromatic carbocycles. The Labute approximate surface area is 395 Å². The van der Waals surface area contributed by atoms with Gasteiger partial charge in [0.15, 0.2) is 11.6 Å². The topological polar surface area (TPSA) is 46.8 Å². The molecule has 320 valence electrons. The number of hydrogen-bond donors (Lipinski definition) is 0. The van der Waals surface area contributed by atoms with Gasteiger partial charge in [-0.3, -0.25) is 4.57 Å². The lowest BCUT2D eigenvalue weighted by Gasteiger charge is -2.26. The van der Waals surface area contributed by atoms with Crippen molar-refractivity contribution in [3.8, 4) is 73.2 Å². The minimum atomic E-state index is 0.539. The average Bonchev–Trinajstić information content (AvgIpc) is 3.75. The van der Waals surface area contributed by atoms with E-state index >= 15 is 0 Å². The minimum absolute atomic E-state index is 0.539. The van der Waals surface area contributed by atoms with E-state index in [1.807, 2.05) is 36.4 Å². The van der Waals surface area contributed by atoms with Crippen LogP contribution in [0, 0.1) is 0 Å². The quantitative estimate of drug-likeness (QED) is 0.137. The maximum atomic E-state index is 5.31. The van der Waals surface area contributed by atoms with E-state index in [0.29, 0.717) is 17.6 Å². The average molecular weight is 870 g/mol. The Morgan fingerprint density at radius 1 is 0.250 bits per heavy atom. The fourth-order valence-corrected chi connectivity index (χ4v) is 9.24. The van der Waals surface area contributed by atoms with Gasteiger partial charge in [-0.25, -0.2) is 4.98 Å². The molecule has 5 nitrogen and oxygen atoms in total. The van der Waals surface area contributed by atoms with Crippen LogP contribution in [0.2, 0.25) is 0 Å². The largest absolute Gasteiger partial charge is 0.310 e. The van der Waals surface area contributed by atoms with Crippen LogP contribution in [0.25, 0.3) is 95.0 Å². The lowest BCUT2D eigenvalue weighted by atomic mass is 9.99. The molecule has 2 heterocycles. The Morgan fingerprint density at radius 2 is 0.559 bits per heavy atom. The summed E-state index contributed by atoms with van der Waals surface area (Å²) in [5, 5.41) is 2.20. The van der Waals surface area contributed by atoms with E-state index < -0.39 is 0 Å². The Balaban J connectivity index is 1.07. The highest BCUT2D eigenvalue weighted by atomic mass is 15.2. The molecule has 0 radical (unpaired) electrons. The van der Waals surface area contributed by atoms with Crippen LogP contribution in [0.4, 0.5) is 17.1 Å². The van der Waals surface area contributed by atoms with Gasteiger partial charge in [0, 0.05) is 39.0 Å². The molecular formula is C63H43N5. The summed E-state index contributed by atoms with van der Waals surface area (Å²) in [6.45, 7) is 0. The van der Waals surface area contributed by atoms with Crippen LogP contribution in [0.3, 0.4) is 0 Å². The number of rotatable bonds is 10. The second kappa shape index (κ2) is 17.7. The summed E-state index contributed by atoms with van der Waals surface area (Å²) in [7, 11) is 0. The number of aromatic nitrogens is 4. The van der Waals surface area contributed by atoms with Gasteiger partial charge in [0.25, 0.3) is 0 Å². The van der Waals surface area contributed by atoms with E-state index in [9.17, 15) is 0 Å². The molecule has 68 heavy (non-hydrogen) atoms. The van der Waals surface area contributed by atoms with Crippen LogP contribution in [0.1, 0.15) is 0 Å². The van der Waals surface area contributed by atoms with Gasteiger partial charge in [0.1, 0.15) is 0 Å². The molecule has 0 fully saturated rings. The van der Waals surface area contributed by atoms with Crippen LogP contribution in [0.5, 0.6) is 0 Å². The maximum Gasteiger partial charge on any atom is 0.238 e. The molecular weight excluding hydrogens is 827 g/mol. The Hall–Kier alpha value is -9.19. The molecule has 0 saturated carbocycles. The first-order valence-electron chi connectivity index (χ1n) is 22.9. The third kappa shape index (κ3) is 7.78.